The van der Waals surface area contributed by atoms with E-state index in [9.17, 15) is 13.2 Å². The number of nitrogens with one attached hydrogen (secondary N) is 1. The summed E-state index contributed by atoms with van der Waals surface area (Å²) in [4.78, 5) is 12.8. The van der Waals surface area contributed by atoms with Crippen LogP contribution >= 0.6 is 0 Å². The minimum absolute atomic E-state index is 0.181. The Hall–Kier alpha value is -2.54. The van der Waals surface area contributed by atoms with Crippen molar-refractivity contribution in [1.82, 2.24) is 5.32 Å². The third kappa shape index (κ3) is 7.09. The van der Waals surface area contributed by atoms with E-state index in [4.69, 9.17) is 4.74 Å². The lowest BCUT2D eigenvalue weighted by molar-refractivity contribution is -0.120. The van der Waals surface area contributed by atoms with Crippen LogP contribution in [0.15, 0.2) is 54.6 Å². The summed E-state index contributed by atoms with van der Waals surface area (Å²) in [5.41, 5.74) is 1.40. The predicted molar refractivity (Wildman–Crippen MR) is 117 cm³/mol. The molecule has 0 spiro atoms. The molecule has 1 N–H and O–H groups in total. The van der Waals surface area contributed by atoms with Gasteiger partial charge in [-0.3, -0.25) is 9.10 Å². The highest BCUT2D eigenvalue weighted by Crippen LogP contribution is 2.24. The molecule has 1 atom stereocenters. The van der Waals surface area contributed by atoms with Gasteiger partial charge in [0.05, 0.1) is 24.6 Å². The number of benzene rings is 2. The van der Waals surface area contributed by atoms with Crippen LogP contribution in [0.2, 0.25) is 0 Å². The molecule has 0 unspecified atom stereocenters. The largest absolute Gasteiger partial charge is 0.494 e. The molecule has 0 aliphatic carbocycles. The van der Waals surface area contributed by atoms with Crippen LogP contribution in [0.3, 0.4) is 0 Å². The lowest BCUT2D eigenvalue weighted by Gasteiger charge is -2.25. The van der Waals surface area contributed by atoms with Gasteiger partial charge in [-0.2, -0.15) is 0 Å². The maximum absolute atomic E-state index is 12.8. The number of amides is 1. The molecule has 2 aromatic carbocycles. The molecule has 0 aromatic heterocycles. The third-order valence-corrected chi connectivity index (χ3v) is 5.49. The van der Waals surface area contributed by atoms with Crippen LogP contribution in [-0.4, -0.2) is 33.7 Å². The zero-order chi connectivity index (χ0) is 21.4. The Bertz CT molecular complexity index is 898. The fraction of sp³-hybridized carbons (Fsp3) is 0.409. The molecule has 0 bridgehead atoms. The summed E-state index contributed by atoms with van der Waals surface area (Å²) in [6, 6.07) is 16.3. The number of nitrogens with zero attached hydrogens (tertiary/aromatic N) is 1. The SMILES string of the molecule is CCOc1cccc(N(CC(=O)N[C@@H](CC(C)C)c2ccccc2)S(C)(=O)=O)c1. The molecular weight excluding hydrogens is 388 g/mol. The lowest BCUT2D eigenvalue weighted by Crippen LogP contribution is -2.41. The molecule has 0 aliphatic heterocycles. The molecule has 2 aromatic rings. The highest BCUT2D eigenvalue weighted by molar-refractivity contribution is 7.92. The van der Waals surface area contributed by atoms with Gasteiger partial charge in [0.15, 0.2) is 0 Å². The van der Waals surface area contributed by atoms with E-state index in [1.54, 1.807) is 24.3 Å². The Morgan fingerprint density at radius 3 is 2.38 bits per heavy atom. The van der Waals surface area contributed by atoms with Crippen LogP contribution in [-0.2, 0) is 14.8 Å². The average Bonchev–Trinajstić information content (AvgIpc) is 2.65. The Morgan fingerprint density at radius 1 is 1.10 bits per heavy atom. The summed E-state index contributed by atoms with van der Waals surface area (Å²) in [7, 11) is -3.65. The van der Waals surface area contributed by atoms with E-state index >= 15 is 0 Å². The van der Waals surface area contributed by atoms with E-state index in [2.05, 4.69) is 19.2 Å². The van der Waals surface area contributed by atoms with Gasteiger partial charge in [-0.25, -0.2) is 8.42 Å². The standard InChI is InChI=1S/C22H30N2O4S/c1-5-28-20-13-9-12-19(15-20)24(29(4,26)27)16-22(25)23-21(14-17(2)3)18-10-7-6-8-11-18/h6-13,15,17,21H,5,14,16H2,1-4H3,(H,23,25)/t21-/m0/s1. The number of carbonyl (C=O) groups excluding carboxylic acids is 1. The molecular formula is C22H30N2O4S. The number of hydrogen-bond donors (Lipinski definition) is 1. The monoisotopic (exact) mass is 418 g/mol. The summed E-state index contributed by atoms with van der Waals surface area (Å²) >= 11 is 0. The maximum atomic E-state index is 12.8. The van der Waals surface area contributed by atoms with Gasteiger partial charge in [-0.1, -0.05) is 50.2 Å². The van der Waals surface area contributed by atoms with Crippen LogP contribution in [0.4, 0.5) is 5.69 Å². The lowest BCUT2D eigenvalue weighted by atomic mass is 9.97. The second-order valence-corrected chi connectivity index (χ2v) is 9.27. The van der Waals surface area contributed by atoms with Crippen molar-refractivity contribution in [2.45, 2.75) is 33.2 Å². The highest BCUT2D eigenvalue weighted by Gasteiger charge is 2.23. The quantitative estimate of drug-likeness (QED) is 0.637. The fourth-order valence-electron chi connectivity index (χ4n) is 3.10. The zero-order valence-corrected chi connectivity index (χ0v) is 18.3. The molecule has 0 fully saturated rings. The van der Waals surface area contributed by atoms with Crippen molar-refractivity contribution in [3.8, 4) is 5.75 Å². The van der Waals surface area contributed by atoms with Gasteiger partial charge in [0.2, 0.25) is 15.9 Å². The summed E-state index contributed by atoms with van der Waals surface area (Å²) < 4.78 is 31.3. The molecule has 0 saturated carbocycles. The van der Waals surface area contributed by atoms with E-state index in [1.165, 1.54) is 0 Å². The normalized spacial score (nSPS) is 12.4. The smallest absolute Gasteiger partial charge is 0.241 e. The molecule has 158 valence electrons. The van der Waals surface area contributed by atoms with Crippen LogP contribution < -0.4 is 14.4 Å². The van der Waals surface area contributed by atoms with Crippen molar-refractivity contribution < 1.29 is 17.9 Å². The van der Waals surface area contributed by atoms with E-state index in [1.807, 2.05) is 37.3 Å². The molecule has 6 nitrogen and oxygen atoms in total. The number of anilines is 1. The number of hydrogen-bond acceptors (Lipinski definition) is 4. The number of carbonyl (C=O) groups is 1. The molecule has 0 aliphatic rings. The van der Waals surface area contributed by atoms with Gasteiger partial charge < -0.3 is 10.1 Å². The highest BCUT2D eigenvalue weighted by atomic mass is 32.2. The topological polar surface area (TPSA) is 75.7 Å². The molecule has 29 heavy (non-hydrogen) atoms. The summed E-state index contributed by atoms with van der Waals surface area (Å²) in [5.74, 6) is 0.571. The van der Waals surface area contributed by atoms with Crippen molar-refractivity contribution in [3.05, 3.63) is 60.2 Å². The Morgan fingerprint density at radius 2 is 1.79 bits per heavy atom. The van der Waals surface area contributed by atoms with Gasteiger partial charge >= 0.3 is 0 Å². The van der Waals surface area contributed by atoms with E-state index in [0.29, 0.717) is 24.0 Å². The Balaban J connectivity index is 2.22. The number of ether oxygens (including phenoxy) is 1. The second-order valence-electron chi connectivity index (χ2n) is 7.36. The Kier molecular flexibility index (Phi) is 8.08. The molecule has 2 rings (SSSR count). The van der Waals surface area contributed by atoms with Crippen LogP contribution in [0.25, 0.3) is 0 Å². The molecule has 7 heteroatoms. The fourth-order valence-corrected chi connectivity index (χ4v) is 3.95. The molecule has 1 amide bonds. The van der Waals surface area contributed by atoms with Crippen molar-refractivity contribution in [3.63, 3.8) is 0 Å². The predicted octanol–water partition coefficient (Wildman–Crippen LogP) is 3.75. The molecule has 0 radical (unpaired) electrons. The third-order valence-electron chi connectivity index (χ3n) is 4.35. The van der Waals surface area contributed by atoms with Gasteiger partial charge in [-0.15, -0.1) is 0 Å². The number of sulfonamides is 1. The Labute approximate surface area is 173 Å². The first kappa shape index (κ1) is 22.7. The van der Waals surface area contributed by atoms with Crippen molar-refractivity contribution in [2.24, 2.45) is 5.92 Å². The average molecular weight is 419 g/mol. The minimum atomic E-state index is -3.65. The summed E-state index contributed by atoms with van der Waals surface area (Å²) in [5, 5.41) is 3.00. The van der Waals surface area contributed by atoms with Crippen LogP contribution in [0, 0.1) is 5.92 Å². The first-order valence-corrected chi connectivity index (χ1v) is 11.6. The summed E-state index contributed by atoms with van der Waals surface area (Å²) in [6.45, 7) is 6.20. The first-order chi connectivity index (χ1) is 13.7. The summed E-state index contributed by atoms with van der Waals surface area (Å²) in [6.07, 6.45) is 1.85. The van der Waals surface area contributed by atoms with Gasteiger partial charge in [0.25, 0.3) is 0 Å². The van der Waals surface area contributed by atoms with E-state index < -0.39 is 10.0 Å². The van der Waals surface area contributed by atoms with Crippen LogP contribution in [0.1, 0.15) is 38.8 Å². The van der Waals surface area contributed by atoms with Crippen LogP contribution in [0.5, 0.6) is 5.75 Å². The molecule has 0 heterocycles. The van der Waals surface area contributed by atoms with Gasteiger partial charge in [-0.05, 0) is 37.0 Å². The maximum Gasteiger partial charge on any atom is 0.241 e. The molecule has 0 saturated heterocycles. The second kappa shape index (κ2) is 10.3. The van der Waals surface area contributed by atoms with Crippen molar-refractivity contribution in [1.29, 1.82) is 0 Å². The van der Waals surface area contributed by atoms with E-state index in [-0.39, 0.29) is 18.5 Å². The van der Waals surface area contributed by atoms with Crippen molar-refractivity contribution in [2.75, 3.05) is 23.7 Å². The zero-order valence-electron chi connectivity index (χ0n) is 17.5. The van der Waals surface area contributed by atoms with Crippen molar-refractivity contribution >= 4 is 21.6 Å². The van der Waals surface area contributed by atoms with Gasteiger partial charge in [0.1, 0.15) is 12.3 Å². The minimum Gasteiger partial charge on any atom is -0.494 e. The van der Waals surface area contributed by atoms with Gasteiger partial charge in [0, 0.05) is 6.07 Å². The number of rotatable bonds is 10. The van der Waals surface area contributed by atoms with E-state index in [0.717, 1.165) is 22.5 Å². The first-order valence-electron chi connectivity index (χ1n) is 9.75.